The Morgan fingerprint density at radius 1 is 1.03 bits per heavy atom. The van der Waals surface area contributed by atoms with Crippen LogP contribution in [0.4, 0.5) is 0 Å². The van der Waals surface area contributed by atoms with Crippen molar-refractivity contribution in [2.45, 2.75) is 44.3 Å². The summed E-state index contributed by atoms with van der Waals surface area (Å²) in [5.74, 6) is -0.492. The Morgan fingerprint density at radius 3 is 2.18 bits per heavy atom. The van der Waals surface area contributed by atoms with Crippen molar-refractivity contribution in [3.05, 3.63) is 35.4 Å². The van der Waals surface area contributed by atoms with Gasteiger partial charge in [0.1, 0.15) is 0 Å². The molecule has 0 aromatic heterocycles. The number of morpholine rings is 1. The van der Waals surface area contributed by atoms with E-state index in [1.54, 1.807) is 4.90 Å². The van der Waals surface area contributed by atoms with E-state index in [0.29, 0.717) is 18.7 Å². The quantitative estimate of drug-likeness (QED) is 0.583. The summed E-state index contributed by atoms with van der Waals surface area (Å²) in [6, 6.07) is 7.60. The molecule has 184 valence electrons. The Morgan fingerprint density at radius 2 is 1.64 bits per heavy atom. The molecule has 0 aliphatic carbocycles. The number of sulfone groups is 1. The molecule has 1 aromatic rings. The first-order valence-electron chi connectivity index (χ1n) is 11.5. The smallest absolute Gasteiger partial charge is 0.253 e. The van der Waals surface area contributed by atoms with Gasteiger partial charge in [-0.3, -0.25) is 9.69 Å². The largest absolute Gasteiger partial charge is 0.373 e. The van der Waals surface area contributed by atoms with E-state index in [1.807, 2.05) is 24.3 Å². The number of ether oxygens (including phenoxy) is 1. The van der Waals surface area contributed by atoms with E-state index in [4.69, 9.17) is 4.74 Å². The number of sulfonamides is 1. The lowest BCUT2D eigenvalue weighted by Gasteiger charge is -2.35. The molecule has 0 spiro atoms. The molecular formula is C22H33N3O6S2. The van der Waals surface area contributed by atoms with Crippen molar-refractivity contribution < 1.29 is 26.4 Å². The third-order valence-electron chi connectivity index (χ3n) is 6.60. The molecule has 9 nitrogen and oxygen atoms in total. The van der Waals surface area contributed by atoms with Gasteiger partial charge in [-0.2, -0.15) is 4.31 Å². The highest BCUT2D eigenvalue weighted by Crippen LogP contribution is 2.23. The van der Waals surface area contributed by atoms with Crippen molar-refractivity contribution in [3.63, 3.8) is 0 Å². The molecular weight excluding hydrogens is 466 g/mol. The molecule has 3 atom stereocenters. The highest BCUT2D eigenvalue weighted by molar-refractivity contribution is 7.95. The molecule has 1 aromatic carbocycles. The normalized spacial score (nSPS) is 29.3. The lowest BCUT2D eigenvalue weighted by Crippen LogP contribution is -2.52. The maximum atomic E-state index is 12.9. The van der Waals surface area contributed by atoms with Gasteiger partial charge in [-0.25, -0.2) is 16.8 Å². The molecule has 3 fully saturated rings. The van der Waals surface area contributed by atoms with Crippen LogP contribution in [-0.4, -0.2) is 105 Å². The van der Waals surface area contributed by atoms with E-state index in [-0.39, 0.29) is 49.1 Å². The van der Waals surface area contributed by atoms with E-state index in [0.717, 1.165) is 25.2 Å². The molecule has 0 bridgehead atoms. The standard InChI is InChI=1S/C22H33N3O6S2/c1-17-13-23(14-18(2)31-17)15-19-3-5-20(6-4-19)22(26)24-8-10-25(11-9-24)33(29,30)21-7-12-32(27,28)16-21/h3-6,17-18,21H,7-16H2,1-2H3. The summed E-state index contributed by atoms with van der Waals surface area (Å²) in [5, 5.41) is -0.866. The van der Waals surface area contributed by atoms with Gasteiger partial charge in [0.2, 0.25) is 10.0 Å². The molecule has 3 heterocycles. The Balaban J connectivity index is 1.31. The zero-order chi connectivity index (χ0) is 23.8. The van der Waals surface area contributed by atoms with Crippen LogP contribution in [0.15, 0.2) is 24.3 Å². The highest BCUT2D eigenvalue weighted by atomic mass is 32.2. The Kier molecular flexibility index (Phi) is 7.16. The summed E-state index contributed by atoms with van der Waals surface area (Å²) in [4.78, 5) is 17.0. The van der Waals surface area contributed by atoms with Crippen molar-refractivity contribution >= 4 is 25.8 Å². The van der Waals surface area contributed by atoms with E-state index < -0.39 is 25.1 Å². The van der Waals surface area contributed by atoms with Gasteiger partial charge in [-0.1, -0.05) is 12.1 Å². The minimum atomic E-state index is -3.67. The van der Waals surface area contributed by atoms with Crippen LogP contribution in [-0.2, 0) is 31.1 Å². The van der Waals surface area contributed by atoms with Gasteiger partial charge in [0.25, 0.3) is 5.91 Å². The summed E-state index contributed by atoms with van der Waals surface area (Å²) in [6.45, 7) is 7.68. The van der Waals surface area contributed by atoms with Gasteiger partial charge in [-0.15, -0.1) is 0 Å². The SMILES string of the molecule is CC1CN(Cc2ccc(C(=O)N3CCN(S(=O)(=O)C4CCS(=O)(=O)C4)CC3)cc2)CC(C)O1. The third kappa shape index (κ3) is 5.76. The zero-order valence-corrected chi connectivity index (χ0v) is 20.9. The fourth-order valence-electron chi connectivity index (χ4n) is 4.96. The number of piperazine rings is 1. The Hall–Kier alpha value is -1.53. The van der Waals surface area contributed by atoms with Gasteiger partial charge < -0.3 is 9.64 Å². The van der Waals surface area contributed by atoms with Crippen molar-refractivity contribution in [2.75, 3.05) is 50.8 Å². The molecule has 0 N–H and O–H groups in total. The first-order chi connectivity index (χ1) is 15.5. The number of amides is 1. The lowest BCUT2D eigenvalue weighted by molar-refractivity contribution is -0.0704. The second-order valence-electron chi connectivity index (χ2n) is 9.41. The minimum absolute atomic E-state index is 0.0745. The van der Waals surface area contributed by atoms with Crippen LogP contribution in [0.2, 0.25) is 0 Å². The molecule has 1 amide bonds. The van der Waals surface area contributed by atoms with E-state index in [1.165, 1.54) is 4.31 Å². The molecule has 33 heavy (non-hydrogen) atoms. The van der Waals surface area contributed by atoms with Gasteiger partial charge in [-0.05, 0) is 38.0 Å². The van der Waals surface area contributed by atoms with Gasteiger partial charge in [0.05, 0.1) is 29.0 Å². The number of benzene rings is 1. The van der Waals surface area contributed by atoms with Crippen LogP contribution in [0.3, 0.4) is 0 Å². The number of carbonyl (C=O) groups is 1. The number of nitrogens with zero attached hydrogens (tertiary/aromatic N) is 3. The van der Waals surface area contributed by atoms with Crippen molar-refractivity contribution in [1.29, 1.82) is 0 Å². The zero-order valence-electron chi connectivity index (χ0n) is 19.2. The third-order valence-corrected chi connectivity index (χ3v) is 10.9. The van der Waals surface area contributed by atoms with E-state index in [9.17, 15) is 21.6 Å². The molecule has 3 aliphatic heterocycles. The van der Waals surface area contributed by atoms with Gasteiger partial charge >= 0.3 is 0 Å². The minimum Gasteiger partial charge on any atom is -0.373 e. The topological polar surface area (TPSA) is 104 Å². The van der Waals surface area contributed by atoms with Crippen LogP contribution < -0.4 is 0 Å². The first kappa shape index (κ1) is 24.6. The van der Waals surface area contributed by atoms with Gasteiger partial charge in [0, 0.05) is 51.4 Å². The monoisotopic (exact) mass is 499 g/mol. The Labute approximate surface area is 196 Å². The predicted molar refractivity (Wildman–Crippen MR) is 125 cm³/mol. The van der Waals surface area contributed by atoms with Crippen LogP contribution >= 0.6 is 0 Å². The number of carbonyl (C=O) groups excluding carboxylic acids is 1. The average molecular weight is 500 g/mol. The summed E-state index contributed by atoms with van der Waals surface area (Å²) >= 11 is 0. The molecule has 3 unspecified atom stereocenters. The molecule has 4 rings (SSSR count). The highest BCUT2D eigenvalue weighted by Gasteiger charge is 2.41. The van der Waals surface area contributed by atoms with Crippen LogP contribution in [0.25, 0.3) is 0 Å². The maximum absolute atomic E-state index is 12.9. The maximum Gasteiger partial charge on any atom is 0.253 e. The lowest BCUT2D eigenvalue weighted by atomic mass is 10.1. The second kappa shape index (κ2) is 9.61. The van der Waals surface area contributed by atoms with Crippen molar-refractivity contribution in [3.8, 4) is 0 Å². The summed E-state index contributed by atoms with van der Waals surface area (Å²) in [5.41, 5.74) is 1.72. The fraction of sp³-hybridized carbons (Fsp3) is 0.682. The second-order valence-corrected chi connectivity index (χ2v) is 13.9. The summed E-state index contributed by atoms with van der Waals surface area (Å²) in [6.07, 6.45) is 0.559. The summed E-state index contributed by atoms with van der Waals surface area (Å²) in [7, 11) is -6.95. The molecule has 3 aliphatic rings. The summed E-state index contributed by atoms with van der Waals surface area (Å²) < 4.78 is 56.1. The van der Waals surface area contributed by atoms with E-state index in [2.05, 4.69) is 18.7 Å². The number of rotatable bonds is 5. The molecule has 0 saturated carbocycles. The number of hydrogen-bond donors (Lipinski definition) is 0. The van der Waals surface area contributed by atoms with Crippen LogP contribution in [0.5, 0.6) is 0 Å². The first-order valence-corrected chi connectivity index (χ1v) is 14.8. The van der Waals surface area contributed by atoms with Crippen LogP contribution in [0, 0.1) is 0 Å². The number of hydrogen-bond acceptors (Lipinski definition) is 7. The van der Waals surface area contributed by atoms with Crippen molar-refractivity contribution in [1.82, 2.24) is 14.1 Å². The predicted octanol–water partition coefficient (Wildman–Crippen LogP) is 0.571. The fourth-order valence-corrected chi connectivity index (χ4v) is 9.47. The molecule has 11 heteroatoms. The Bertz CT molecular complexity index is 1060. The molecule has 3 saturated heterocycles. The van der Waals surface area contributed by atoms with Crippen LogP contribution in [0.1, 0.15) is 36.2 Å². The molecule has 0 radical (unpaired) electrons. The average Bonchev–Trinajstić information content (AvgIpc) is 3.14. The van der Waals surface area contributed by atoms with Gasteiger partial charge in [0.15, 0.2) is 9.84 Å². The van der Waals surface area contributed by atoms with Crippen molar-refractivity contribution in [2.24, 2.45) is 0 Å². The van der Waals surface area contributed by atoms with E-state index >= 15 is 0 Å².